The van der Waals surface area contributed by atoms with E-state index < -0.39 is 5.76 Å². The molecule has 5 nitrogen and oxygen atoms in total. The van der Waals surface area contributed by atoms with Crippen molar-refractivity contribution in [1.29, 1.82) is 0 Å². The molecule has 0 spiro atoms. The third-order valence-electron chi connectivity index (χ3n) is 3.92. The third-order valence-corrected chi connectivity index (χ3v) is 3.92. The van der Waals surface area contributed by atoms with Crippen LogP contribution in [0.2, 0.25) is 0 Å². The molecule has 0 saturated carbocycles. The molecule has 1 unspecified atom stereocenters. The highest BCUT2D eigenvalue weighted by Crippen LogP contribution is 2.27. The fraction of sp³-hybridized carbons (Fsp3) is 0.600. The van der Waals surface area contributed by atoms with Crippen LogP contribution in [0.1, 0.15) is 65.3 Å². The van der Waals surface area contributed by atoms with Gasteiger partial charge in [-0.1, -0.05) is 53.7 Å². The third kappa shape index (κ3) is 7.16. The van der Waals surface area contributed by atoms with E-state index in [0.717, 1.165) is 25.2 Å². The first-order valence-corrected chi connectivity index (χ1v) is 9.23. The van der Waals surface area contributed by atoms with Gasteiger partial charge in [-0.3, -0.25) is 0 Å². The summed E-state index contributed by atoms with van der Waals surface area (Å²) >= 11 is 0. The number of hydrogen-bond donors (Lipinski definition) is 1. The van der Waals surface area contributed by atoms with Crippen molar-refractivity contribution in [3.63, 3.8) is 0 Å². The maximum absolute atomic E-state index is 11.2. The van der Waals surface area contributed by atoms with Crippen molar-refractivity contribution in [1.82, 2.24) is 10.2 Å². The van der Waals surface area contributed by atoms with Crippen LogP contribution in [0.5, 0.6) is 5.75 Å². The molecule has 2 rings (SSSR count). The number of aromatic nitrogens is 2. The van der Waals surface area contributed by atoms with Crippen molar-refractivity contribution in [3.05, 3.63) is 46.3 Å². The molecule has 25 heavy (non-hydrogen) atoms. The Bertz CT molecular complexity index is 641. The molecule has 2 aromatic rings. The molecule has 5 heteroatoms. The molecule has 140 valence electrons. The first kappa shape index (κ1) is 21.0. The smallest absolute Gasteiger partial charge is 0.434 e. The van der Waals surface area contributed by atoms with Crippen LogP contribution in [0.25, 0.3) is 0 Å². The number of rotatable bonds is 8. The maximum Gasteiger partial charge on any atom is 0.434 e. The van der Waals surface area contributed by atoms with Crippen molar-refractivity contribution in [2.75, 3.05) is 6.61 Å². The number of hydrogen-bond acceptors (Lipinski definition) is 4. The van der Waals surface area contributed by atoms with Crippen LogP contribution in [-0.2, 0) is 6.42 Å². The zero-order valence-electron chi connectivity index (χ0n) is 16.3. The molecular weight excluding hydrogens is 316 g/mol. The lowest BCUT2D eigenvalue weighted by molar-refractivity contribution is 0.289. The topological polar surface area (TPSA) is 68.1 Å². The van der Waals surface area contributed by atoms with Gasteiger partial charge in [0.1, 0.15) is 5.75 Å². The Morgan fingerprint density at radius 2 is 1.76 bits per heavy atom. The molecule has 1 heterocycles. The summed E-state index contributed by atoms with van der Waals surface area (Å²) in [6, 6.07) is 8.11. The predicted molar refractivity (Wildman–Crippen MR) is 101 cm³/mol. The minimum Gasteiger partial charge on any atom is -0.494 e. The molecule has 0 saturated heterocycles. The summed E-state index contributed by atoms with van der Waals surface area (Å²) < 4.78 is 10.9. The fourth-order valence-electron chi connectivity index (χ4n) is 2.40. The van der Waals surface area contributed by atoms with E-state index in [-0.39, 0.29) is 5.92 Å². The number of H-pyrrole nitrogens is 1. The quantitative estimate of drug-likeness (QED) is 0.744. The summed E-state index contributed by atoms with van der Waals surface area (Å²) in [6.45, 7) is 13.3. The van der Waals surface area contributed by atoms with Crippen molar-refractivity contribution >= 4 is 0 Å². The maximum atomic E-state index is 11.2. The molecule has 1 N–H and O–H groups in total. The zero-order valence-corrected chi connectivity index (χ0v) is 16.3. The lowest BCUT2D eigenvalue weighted by Crippen LogP contribution is -2.11. The van der Waals surface area contributed by atoms with Crippen LogP contribution in [0.4, 0.5) is 0 Å². The van der Waals surface area contributed by atoms with Crippen LogP contribution >= 0.6 is 0 Å². The Morgan fingerprint density at radius 1 is 1.12 bits per heavy atom. The Morgan fingerprint density at radius 3 is 2.24 bits per heavy atom. The van der Waals surface area contributed by atoms with Gasteiger partial charge in [0.25, 0.3) is 0 Å². The second-order valence-electron chi connectivity index (χ2n) is 6.68. The van der Waals surface area contributed by atoms with E-state index in [1.807, 2.05) is 26.0 Å². The van der Waals surface area contributed by atoms with E-state index in [9.17, 15) is 4.79 Å². The molecule has 0 radical (unpaired) electrons. The number of aromatic amines is 1. The predicted octanol–water partition coefficient (Wildman–Crippen LogP) is 4.80. The van der Waals surface area contributed by atoms with Gasteiger partial charge in [-0.05, 0) is 42.4 Å². The molecule has 0 fully saturated rings. The average Bonchev–Trinajstić information content (AvgIpc) is 3.01. The molecule has 0 aliphatic carbocycles. The Balaban J connectivity index is 0.00000151. The first-order valence-electron chi connectivity index (χ1n) is 9.23. The van der Waals surface area contributed by atoms with Gasteiger partial charge >= 0.3 is 5.76 Å². The Labute approximate surface area is 150 Å². The van der Waals surface area contributed by atoms with Gasteiger partial charge in [-0.25, -0.2) is 9.89 Å². The average molecular weight is 348 g/mol. The molecule has 1 atom stereocenters. The molecule has 0 aliphatic heterocycles. The minimum absolute atomic E-state index is 0.0710. The zero-order chi connectivity index (χ0) is 18.8. The van der Waals surface area contributed by atoms with Crippen LogP contribution < -0.4 is 10.5 Å². The highest BCUT2D eigenvalue weighted by atomic mass is 16.5. The van der Waals surface area contributed by atoms with Crippen LogP contribution in [0.3, 0.4) is 0 Å². The number of nitrogens with one attached hydrogen (secondary N) is 1. The minimum atomic E-state index is -0.500. The largest absolute Gasteiger partial charge is 0.494 e. The van der Waals surface area contributed by atoms with Crippen molar-refractivity contribution < 1.29 is 9.15 Å². The number of ether oxygens (including phenoxy) is 1. The van der Waals surface area contributed by atoms with Crippen LogP contribution in [0.15, 0.2) is 33.5 Å². The second-order valence-corrected chi connectivity index (χ2v) is 6.68. The summed E-state index contributed by atoms with van der Waals surface area (Å²) in [4.78, 5) is 11.2. The Hall–Kier alpha value is -2.04. The van der Waals surface area contributed by atoms with Gasteiger partial charge in [-0.15, -0.1) is 5.10 Å². The van der Waals surface area contributed by atoms with Gasteiger partial charge in [0.05, 0.1) is 6.61 Å². The highest BCUT2D eigenvalue weighted by molar-refractivity contribution is 5.28. The molecule has 0 aliphatic rings. The van der Waals surface area contributed by atoms with Gasteiger partial charge < -0.3 is 9.15 Å². The second kappa shape index (κ2) is 10.7. The van der Waals surface area contributed by atoms with Crippen LogP contribution in [-0.4, -0.2) is 16.8 Å². The molecule has 0 amide bonds. The summed E-state index contributed by atoms with van der Waals surface area (Å²) in [5.41, 5.74) is 1.17. The lowest BCUT2D eigenvalue weighted by Gasteiger charge is -2.17. The van der Waals surface area contributed by atoms with Gasteiger partial charge in [0.15, 0.2) is 0 Å². The highest BCUT2D eigenvalue weighted by Gasteiger charge is 2.22. The fourth-order valence-corrected chi connectivity index (χ4v) is 2.40. The normalized spacial score (nSPS) is 12.0. The Kier molecular flexibility index (Phi) is 9.03. The van der Waals surface area contributed by atoms with Gasteiger partial charge in [-0.2, -0.15) is 0 Å². The molecule has 1 aromatic heterocycles. The first-order chi connectivity index (χ1) is 12.0. The molecule has 1 aromatic carbocycles. The van der Waals surface area contributed by atoms with E-state index in [4.69, 9.17) is 9.15 Å². The summed E-state index contributed by atoms with van der Waals surface area (Å²) in [5.74, 6) is 1.90. The van der Waals surface area contributed by atoms with E-state index in [2.05, 4.69) is 50.0 Å². The summed E-state index contributed by atoms with van der Waals surface area (Å²) in [7, 11) is 0. The SMILES string of the molecule is CC.CC(C)CCOc1ccc(CC(c2n[nH]c(=O)o2)C(C)C)cc1. The van der Waals surface area contributed by atoms with Crippen LogP contribution in [0, 0.1) is 11.8 Å². The summed E-state index contributed by atoms with van der Waals surface area (Å²) in [6.07, 6.45) is 1.83. The van der Waals surface area contributed by atoms with E-state index in [0.29, 0.717) is 17.7 Å². The standard InChI is InChI=1S/C18H26N2O3.C2H6/c1-12(2)9-10-22-15-7-5-14(6-8-15)11-16(13(3)4)17-19-20-18(21)23-17;1-2/h5-8,12-13,16H,9-11H2,1-4H3,(H,20,21);1-2H3. The van der Waals surface area contributed by atoms with Gasteiger partial charge in [0, 0.05) is 5.92 Å². The van der Waals surface area contributed by atoms with Gasteiger partial charge in [0.2, 0.25) is 5.89 Å². The summed E-state index contributed by atoms with van der Waals surface area (Å²) in [5, 5.41) is 6.32. The van der Waals surface area contributed by atoms with Crippen molar-refractivity contribution in [3.8, 4) is 5.75 Å². The van der Waals surface area contributed by atoms with E-state index in [1.165, 1.54) is 5.56 Å². The number of benzene rings is 1. The van der Waals surface area contributed by atoms with Crippen molar-refractivity contribution in [2.45, 2.75) is 60.3 Å². The lowest BCUT2D eigenvalue weighted by atomic mass is 9.89. The number of nitrogens with zero attached hydrogens (tertiary/aromatic N) is 1. The van der Waals surface area contributed by atoms with E-state index in [1.54, 1.807) is 0 Å². The van der Waals surface area contributed by atoms with Crippen molar-refractivity contribution in [2.24, 2.45) is 11.8 Å². The molecule has 0 bridgehead atoms. The monoisotopic (exact) mass is 348 g/mol. The molecular formula is C20H32N2O3. The van der Waals surface area contributed by atoms with E-state index >= 15 is 0 Å².